The molecule has 0 saturated heterocycles. The van der Waals surface area contributed by atoms with E-state index in [1.165, 1.54) is 0 Å². The van der Waals surface area contributed by atoms with E-state index in [9.17, 15) is 27.3 Å². The van der Waals surface area contributed by atoms with Crippen molar-refractivity contribution in [2.45, 2.75) is 43.7 Å². The van der Waals surface area contributed by atoms with E-state index in [1.54, 1.807) is 18.2 Å². The van der Waals surface area contributed by atoms with Crippen LogP contribution in [0.2, 0.25) is 0 Å². The number of hydrogen-bond donors (Lipinski definition) is 3. The molecular formula is C19H25O7PS. The molecule has 2 atom stereocenters. The molecule has 0 fully saturated rings. The molecule has 0 radical (unpaired) electrons. The fraction of sp³-hybridized carbons (Fsp3) is 0.368. The standard InChI is InChI=1S/C19H25O7PS/c1-2-7-15-10-6-11-17(12-15)26-18(13-16-8-4-3-5-9-16)14-19(27(20,21)22)28(23,24)25/h3-6,8-12,18-19H,2,7,13-14H2,1H3,(H2,20,21,22)(H,23,24,25). The van der Waals surface area contributed by atoms with Crippen LogP contribution in [-0.4, -0.2) is 33.9 Å². The zero-order valence-electron chi connectivity index (χ0n) is 15.5. The Hall–Kier alpha value is -1.70. The molecule has 3 N–H and O–H groups in total. The van der Waals surface area contributed by atoms with Crippen LogP contribution in [0.5, 0.6) is 5.75 Å². The van der Waals surface area contributed by atoms with Gasteiger partial charge in [0.1, 0.15) is 11.9 Å². The third kappa shape index (κ3) is 7.04. The molecule has 2 rings (SSSR count). The Balaban J connectivity index is 2.31. The Morgan fingerprint density at radius 2 is 1.68 bits per heavy atom. The second-order valence-electron chi connectivity index (χ2n) is 6.62. The summed E-state index contributed by atoms with van der Waals surface area (Å²) < 4.78 is 50.0. The molecular weight excluding hydrogens is 403 g/mol. The van der Waals surface area contributed by atoms with Crippen molar-refractivity contribution in [2.75, 3.05) is 0 Å². The van der Waals surface area contributed by atoms with Crippen molar-refractivity contribution < 1.29 is 32.1 Å². The van der Waals surface area contributed by atoms with E-state index in [0.29, 0.717) is 5.75 Å². The van der Waals surface area contributed by atoms with Gasteiger partial charge >= 0.3 is 7.60 Å². The Morgan fingerprint density at radius 3 is 2.25 bits per heavy atom. The fourth-order valence-electron chi connectivity index (χ4n) is 2.96. The molecule has 28 heavy (non-hydrogen) atoms. The molecule has 9 heteroatoms. The van der Waals surface area contributed by atoms with E-state index in [4.69, 9.17) is 4.74 Å². The predicted molar refractivity (Wildman–Crippen MR) is 107 cm³/mol. The quantitative estimate of drug-likeness (QED) is 0.392. The molecule has 0 spiro atoms. The highest BCUT2D eigenvalue weighted by molar-refractivity contribution is 7.93. The van der Waals surface area contributed by atoms with Gasteiger partial charge in [-0.05, 0) is 29.7 Å². The first-order valence-corrected chi connectivity index (χ1v) is 12.1. The molecule has 0 bridgehead atoms. The summed E-state index contributed by atoms with van der Waals surface area (Å²) in [6.07, 6.45) is 0.608. The summed E-state index contributed by atoms with van der Waals surface area (Å²) in [6, 6.07) is 16.3. The van der Waals surface area contributed by atoms with Crippen molar-refractivity contribution in [2.24, 2.45) is 0 Å². The van der Waals surface area contributed by atoms with Crippen LogP contribution in [0.1, 0.15) is 30.9 Å². The number of aryl methyl sites for hydroxylation is 1. The summed E-state index contributed by atoms with van der Waals surface area (Å²) in [5, 5.41) is 0. The van der Waals surface area contributed by atoms with Gasteiger partial charge in [0, 0.05) is 12.8 Å². The lowest BCUT2D eigenvalue weighted by atomic mass is 10.1. The topological polar surface area (TPSA) is 121 Å². The molecule has 0 aliphatic rings. The molecule has 0 aliphatic carbocycles. The molecule has 0 heterocycles. The van der Waals surface area contributed by atoms with Crippen molar-refractivity contribution in [3.8, 4) is 5.75 Å². The lowest BCUT2D eigenvalue weighted by Gasteiger charge is -2.24. The Labute approximate surface area is 165 Å². The summed E-state index contributed by atoms with van der Waals surface area (Å²) in [7, 11) is -10.1. The van der Waals surface area contributed by atoms with Crippen LogP contribution >= 0.6 is 7.60 Å². The second kappa shape index (κ2) is 9.67. The van der Waals surface area contributed by atoms with Crippen LogP contribution in [0.4, 0.5) is 0 Å². The minimum atomic E-state index is -5.10. The largest absolute Gasteiger partial charge is 0.490 e. The lowest BCUT2D eigenvalue weighted by molar-refractivity contribution is 0.190. The first-order valence-electron chi connectivity index (χ1n) is 8.90. The summed E-state index contributed by atoms with van der Waals surface area (Å²) in [4.78, 5) is 16.6. The van der Waals surface area contributed by atoms with E-state index < -0.39 is 35.2 Å². The van der Waals surface area contributed by atoms with Crippen LogP contribution in [0.25, 0.3) is 0 Å². The maximum Gasteiger partial charge on any atom is 0.346 e. The molecule has 2 unspecified atom stereocenters. The van der Waals surface area contributed by atoms with Crippen molar-refractivity contribution in [1.29, 1.82) is 0 Å². The van der Waals surface area contributed by atoms with Gasteiger partial charge in [-0.3, -0.25) is 9.12 Å². The van der Waals surface area contributed by atoms with Crippen molar-refractivity contribution in [3.05, 3.63) is 65.7 Å². The molecule has 0 saturated carbocycles. The monoisotopic (exact) mass is 428 g/mol. The normalized spacial score (nSPS) is 14.4. The van der Waals surface area contributed by atoms with E-state index in [1.807, 2.05) is 43.3 Å². The Bertz CT molecular complexity index is 909. The average Bonchev–Trinajstić information content (AvgIpc) is 2.59. The zero-order valence-corrected chi connectivity index (χ0v) is 17.2. The lowest BCUT2D eigenvalue weighted by Crippen LogP contribution is -2.30. The van der Waals surface area contributed by atoms with Gasteiger partial charge in [0.2, 0.25) is 0 Å². The highest BCUT2D eigenvalue weighted by Gasteiger charge is 2.42. The van der Waals surface area contributed by atoms with Gasteiger partial charge in [0.05, 0.1) is 0 Å². The minimum Gasteiger partial charge on any atom is -0.490 e. The molecule has 7 nitrogen and oxygen atoms in total. The number of ether oxygens (including phenoxy) is 1. The van der Waals surface area contributed by atoms with Gasteiger partial charge in [0.25, 0.3) is 10.1 Å². The molecule has 2 aromatic rings. The van der Waals surface area contributed by atoms with Gasteiger partial charge in [-0.1, -0.05) is 55.8 Å². The van der Waals surface area contributed by atoms with E-state index >= 15 is 0 Å². The van der Waals surface area contributed by atoms with Gasteiger partial charge in [-0.2, -0.15) is 8.42 Å². The van der Waals surface area contributed by atoms with E-state index in [2.05, 4.69) is 0 Å². The second-order valence-corrected chi connectivity index (χ2v) is 10.4. The minimum absolute atomic E-state index is 0.227. The smallest absolute Gasteiger partial charge is 0.346 e. The number of rotatable bonds is 10. The summed E-state index contributed by atoms with van der Waals surface area (Å²) in [6.45, 7) is 2.04. The van der Waals surface area contributed by atoms with E-state index in [-0.39, 0.29) is 6.42 Å². The van der Waals surface area contributed by atoms with Crippen LogP contribution in [-0.2, 0) is 27.5 Å². The van der Waals surface area contributed by atoms with Crippen LogP contribution in [0.3, 0.4) is 0 Å². The van der Waals surface area contributed by atoms with Crippen LogP contribution < -0.4 is 4.74 Å². The average molecular weight is 428 g/mol. The van der Waals surface area contributed by atoms with Crippen molar-refractivity contribution in [1.82, 2.24) is 0 Å². The first kappa shape index (κ1) is 22.6. The molecule has 0 aliphatic heterocycles. The first-order chi connectivity index (χ1) is 13.1. The van der Waals surface area contributed by atoms with Gasteiger partial charge in [-0.25, -0.2) is 0 Å². The number of hydrogen-bond acceptors (Lipinski definition) is 4. The third-order valence-corrected chi connectivity index (χ3v) is 7.69. The maximum atomic E-state index is 11.7. The van der Waals surface area contributed by atoms with Crippen molar-refractivity contribution >= 4 is 17.7 Å². The molecule has 2 aromatic carbocycles. The fourth-order valence-corrected chi connectivity index (χ4v) is 5.32. The van der Waals surface area contributed by atoms with Crippen LogP contribution in [0.15, 0.2) is 54.6 Å². The zero-order chi connectivity index (χ0) is 20.8. The van der Waals surface area contributed by atoms with Gasteiger partial charge < -0.3 is 14.5 Å². The SMILES string of the molecule is CCCc1cccc(OC(Cc2ccccc2)CC(P(=O)(O)O)S(=O)(=O)O)c1. The molecule has 154 valence electrons. The van der Waals surface area contributed by atoms with Gasteiger partial charge in [-0.15, -0.1) is 0 Å². The third-order valence-electron chi connectivity index (χ3n) is 4.23. The van der Waals surface area contributed by atoms with Gasteiger partial charge in [0.15, 0.2) is 4.99 Å². The highest BCUT2D eigenvalue weighted by Crippen LogP contribution is 2.46. The summed E-state index contributed by atoms with van der Waals surface area (Å²) in [5.41, 5.74) is 1.86. The number of benzene rings is 2. The maximum absolute atomic E-state index is 11.7. The Morgan fingerprint density at radius 1 is 1.04 bits per heavy atom. The van der Waals surface area contributed by atoms with Crippen LogP contribution in [0, 0.1) is 0 Å². The van der Waals surface area contributed by atoms with E-state index in [0.717, 1.165) is 24.0 Å². The van der Waals surface area contributed by atoms with Crippen molar-refractivity contribution in [3.63, 3.8) is 0 Å². The Kier molecular flexibility index (Phi) is 7.80. The summed E-state index contributed by atoms with van der Waals surface area (Å²) in [5.74, 6) is 0.478. The summed E-state index contributed by atoms with van der Waals surface area (Å²) >= 11 is 0. The highest BCUT2D eigenvalue weighted by atomic mass is 32.2. The molecule has 0 aromatic heterocycles. The molecule has 0 amide bonds. The predicted octanol–water partition coefficient (Wildman–Crippen LogP) is 3.41.